The van der Waals surface area contributed by atoms with Gasteiger partial charge in [0.2, 0.25) is 0 Å². The molecule has 0 amide bonds. The van der Waals surface area contributed by atoms with Crippen LogP contribution in [-0.4, -0.2) is 39.4 Å². The fraction of sp³-hybridized carbons (Fsp3) is 0.800. The molecule has 0 spiro atoms. The highest BCUT2D eigenvalue weighted by Crippen LogP contribution is 2.32. The van der Waals surface area contributed by atoms with Gasteiger partial charge in [0.1, 0.15) is 5.82 Å². The van der Waals surface area contributed by atoms with Crippen LogP contribution >= 0.6 is 11.8 Å². The molecule has 0 radical (unpaired) electrons. The molecule has 5 heteroatoms. The fourth-order valence-corrected chi connectivity index (χ4v) is 4.03. The second-order valence-electron chi connectivity index (χ2n) is 5.89. The molecular formula is C15H28N4S. The van der Waals surface area contributed by atoms with Gasteiger partial charge in [0.25, 0.3) is 0 Å². The third-order valence-electron chi connectivity index (χ3n) is 4.46. The maximum absolute atomic E-state index is 6.18. The SMILES string of the molecule is CCC(N)Cc1c(C)nn(C)c1N1CCSC(C)C1C. The summed E-state index contributed by atoms with van der Waals surface area (Å²) in [7, 11) is 2.06. The van der Waals surface area contributed by atoms with Crippen molar-refractivity contribution in [3.63, 3.8) is 0 Å². The van der Waals surface area contributed by atoms with E-state index in [4.69, 9.17) is 5.73 Å². The number of aryl methyl sites for hydroxylation is 2. The van der Waals surface area contributed by atoms with Crippen molar-refractivity contribution in [3.8, 4) is 0 Å². The predicted molar refractivity (Wildman–Crippen MR) is 88.6 cm³/mol. The third kappa shape index (κ3) is 2.98. The molecule has 2 N–H and O–H groups in total. The van der Waals surface area contributed by atoms with Crippen LogP contribution in [-0.2, 0) is 13.5 Å². The van der Waals surface area contributed by atoms with E-state index in [1.807, 2.05) is 4.68 Å². The van der Waals surface area contributed by atoms with Gasteiger partial charge in [-0.15, -0.1) is 0 Å². The van der Waals surface area contributed by atoms with Crippen molar-refractivity contribution in [1.29, 1.82) is 0 Å². The summed E-state index contributed by atoms with van der Waals surface area (Å²) in [5.74, 6) is 2.47. The molecule has 0 bridgehead atoms. The van der Waals surface area contributed by atoms with Crippen molar-refractivity contribution in [2.45, 2.75) is 57.9 Å². The van der Waals surface area contributed by atoms with Crippen molar-refractivity contribution in [1.82, 2.24) is 9.78 Å². The molecule has 0 aliphatic carbocycles. The molecule has 3 atom stereocenters. The third-order valence-corrected chi connectivity index (χ3v) is 5.80. The number of aromatic nitrogens is 2. The number of hydrogen-bond donors (Lipinski definition) is 1. The summed E-state index contributed by atoms with van der Waals surface area (Å²) in [6.07, 6.45) is 1.94. The molecule has 4 nitrogen and oxygen atoms in total. The molecule has 1 aliphatic heterocycles. The molecular weight excluding hydrogens is 268 g/mol. The highest BCUT2D eigenvalue weighted by molar-refractivity contribution is 8.00. The summed E-state index contributed by atoms with van der Waals surface area (Å²) in [5.41, 5.74) is 8.65. The maximum atomic E-state index is 6.18. The minimum Gasteiger partial charge on any atom is -0.352 e. The van der Waals surface area contributed by atoms with Gasteiger partial charge in [0, 0.05) is 42.2 Å². The summed E-state index contributed by atoms with van der Waals surface area (Å²) < 4.78 is 2.05. The van der Waals surface area contributed by atoms with E-state index in [0.29, 0.717) is 11.3 Å². The first-order chi connectivity index (χ1) is 9.45. The Kier molecular flexibility index (Phi) is 5.02. The minimum absolute atomic E-state index is 0.226. The number of thioether (sulfide) groups is 1. The average Bonchev–Trinajstić information content (AvgIpc) is 2.68. The maximum Gasteiger partial charge on any atom is 0.130 e. The first-order valence-corrected chi connectivity index (χ1v) is 8.66. The second kappa shape index (κ2) is 6.39. The van der Waals surface area contributed by atoms with E-state index >= 15 is 0 Å². The number of anilines is 1. The summed E-state index contributed by atoms with van der Waals surface area (Å²) in [5, 5.41) is 5.30. The van der Waals surface area contributed by atoms with Gasteiger partial charge in [-0.05, 0) is 26.7 Å². The molecule has 20 heavy (non-hydrogen) atoms. The van der Waals surface area contributed by atoms with Crippen molar-refractivity contribution in [2.24, 2.45) is 12.8 Å². The van der Waals surface area contributed by atoms with Crippen LogP contribution in [0.1, 0.15) is 38.4 Å². The van der Waals surface area contributed by atoms with Crippen LogP contribution in [0.4, 0.5) is 5.82 Å². The van der Waals surface area contributed by atoms with E-state index in [0.717, 1.165) is 25.1 Å². The molecule has 3 unspecified atom stereocenters. The van der Waals surface area contributed by atoms with Crippen molar-refractivity contribution in [2.75, 3.05) is 17.2 Å². The van der Waals surface area contributed by atoms with Crippen LogP contribution in [0.3, 0.4) is 0 Å². The molecule has 0 aromatic carbocycles. The Balaban J connectivity index is 2.34. The summed E-state index contributed by atoms with van der Waals surface area (Å²) in [6, 6.07) is 0.767. The highest BCUT2D eigenvalue weighted by atomic mass is 32.2. The van der Waals surface area contributed by atoms with Crippen molar-refractivity contribution >= 4 is 17.6 Å². The van der Waals surface area contributed by atoms with Crippen LogP contribution in [0.15, 0.2) is 0 Å². The fourth-order valence-electron chi connectivity index (χ4n) is 2.93. The molecule has 114 valence electrons. The lowest BCUT2D eigenvalue weighted by Gasteiger charge is -2.39. The summed E-state index contributed by atoms with van der Waals surface area (Å²) in [6.45, 7) is 10.0. The van der Waals surface area contributed by atoms with Crippen LogP contribution in [0.25, 0.3) is 0 Å². The molecule has 2 heterocycles. The molecule has 2 rings (SSSR count). The largest absolute Gasteiger partial charge is 0.352 e. The zero-order valence-corrected chi connectivity index (χ0v) is 14.2. The van der Waals surface area contributed by atoms with Gasteiger partial charge in [-0.1, -0.05) is 13.8 Å². The lowest BCUT2D eigenvalue weighted by atomic mass is 10.0. The van der Waals surface area contributed by atoms with Crippen molar-refractivity contribution < 1.29 is 0 Å². The van der Waals surface area contributed by atoms with Crippen molar-refractivity contribution in [3.05, 3.63) is 11.3 Å². The van der Waals surface area contributed by atoms with E-state index < -0.39 is 0 Å². The molecule has 1 aromatic rings. The first kappa shape index (κ1) is 15.7. The number of nitrogens with two attached hydrogens (primary N) is 1. The van der Waals surface area contributed by atoms with E-state index in [2.05, 4.69) is 56.5 Å². The van der Waals surface area contributed by atoms with Gasteiger partial charge in [-0.25, -0.2) is 0 Å². The van der Waals surface area contributed by atoms with Gasteiger partial charge in [-0.2, -0.15) is 16.9 Å². The zero-order chi connectivity index (χ0) is 14.9. The normalized spacial score (nSPS) is 25.0. The van der Waals surface area contributed by atoms with Gasteiger partial charge < -0.3 is 10.6 Å². The zero-order valence-electron chi connectivity index (χ0n) is 13.4. The van der Waals surface area contributed by atoms with E-state index in [1.165, 1.54) is 17.1 Å². The van der Waals surface area contributed by atoms with Crippen LogP contribution in [0.2, 0.25) is 0 Å². The van der Waals surface area contributed by atoms with Gasteiger partial charge in [-0.3, -0.25) is 4.68 Å². The van der Waals surface area contributed by atoms with E-state index in [-0.39, 0.29) is 6.04 Å². The Morgan fingerprint density at radius 2 is 2.15 bits per heavy atom. The topological polar surface area (TPSA) is 47.1 Å². The second-order valence-corrected chi connectivity index (χ2v) is 7.38. The summed E-state index contributed by atoms with van der Waals surface area (Å²) in [4.78, 5) is 2.53. The number of rotatable bonds is 4. The molecule has 1 aromatic heterocycles. The van der Waals surface area contributed by atoms with E-state index in [1.54, 1.807) is 0 Å². The lowest BCUT2D eigenvalue weighted by Crippen LogP contribution is -2.46. The van der Waals surface area contributed by atoms with Gasteiger partial charge in [0.15, 0.2) is 0 Å². The van der Waals surface area contributed by atoms with Crippen LogP contribution < -0.4 is 10.6 Å². The molecule has 0 saturated carbocycles. The average molecular weight is 296 g/mol. The first-order valence-electron chi connectivity index (χ1n) is 7.62. The monoisotopic (exact) mass is 296 g/mol. The molecule has 1 fully saturated rings. The Morgan fingerprint density at radius 3 is 2.80 bits per heavy atom. The Morgan fingerprint density at radius 1 is 1.45 bits per heavy atom. The van der Waals surface area contributed by atoms with E-state index in [9.17, 15) is 0 Å². The van der Waals surface area contributed by atoms with Crippen LogP contribution in [0, 0.1) is 6.92 Å². The summed E-state index contributed by atoms with van der Waals surface area (Å²) >= 11 is 2.07. The Hall–Kier alpha value is -0.680. The predicted octanol–water partition coefficient (Wildman–Crippen LogP) is 2.34. The highest BCUT2D eigenvalue weighted by Gasteiger charge is 2.30. The Bertz CT molecular complexity index is 457. The molecule has 1 aliphatic rings. The van der Waals surface area contributed by atoms with Gasteiger partial charge in [0.05, 0.1) is 5.69 Å². The Labute approximate surface area is 127 Å². The molecule has 1 saturated heterocycles. The number of hydrogen-bond acceptors (Lipinski definition) is 4. The smallest absolute Gasteiger partial charge is 0.130 e. The lowest BCUT2D eigenvalue weighted by molar-refractivity contribution is 0.590. The minimum atomic E-state index is 0.226. The quantitative estimate of drug-likeness (QED) is 0.926. The number of nitrogens with zero attached hydrogens (tertiary/aromatic N) is 3. The van der Waals surface area contributed by atoms with Crippen LogP contribution in [0.5, 0.6) is 0 Å². The standard InChI is InChI=1S/C15H28N4S/c1-6-13(16)9-14-10(2)17-18(5)15(14)19-7-8-20-12(4)11(19)3/h11-13H,6-9,16H2,1-5H3. The van der Waals surface area contributed by atoms with Gasteiger partial charge >= 0.3 is 0 Å².